The van der Waals surface area contributed by atoms with E-state index in [0.29, 0.717) is 24.1 Å². The predicted molar refractivity (Wildman–Crippen MR) is 106 cm³/mol. The zero-order chi connectivity index (χ0) is 19.8. The fraction of sp³-hybridized carbons (Fsp3) is 0.200. The maximum Gasteiger partial charge on any atom is 0.321 e. The number of carbonyl (C=O) groups is 2. The van der Waals surface area contributed by atoms with E-state index in [0.717, 1.165) is 22.9 Å². The van der Waals surface area contributed by atoms with Crippen LogP contribution in [0.1, 0.15) is 23.9 Å². The molecule has 3 amide bonds. The normalized spacial score (nSPS) is 11.6. The first-order valence-electron chi connectivity index (χ1n) is 8.76. The second-order valence-corrected chi connectivity index (χ2v) is 7.33. The lowest BCUT2D eigenvalue weighted by molar-refractivity contribution is -0.119. The highest BCUT2D eigenvalue weighted by Crippen LogP contribution is 2.22. The number of hydrogen-bond acceptors (Lipinski definition) is 6. The summed E-state index contributed by atoms with van der Waals surface area (Å²) in [5, 5.41) is 12.6. The summed E-state index contributed by atoms with van der Waals surface area (Å²) in [5.41, 5.74) is 2.01. The third-order valence-corrected chi connectivity index (χ3v) is 4.76. The number of carbonyl (C=O) groups excluding carboxylic acids is 2. The Kier molecular flexibility index (Phi) is 6.80. The molecule has 2 aromatic carbocycles. The number of thioether (sulfide) groups is 1. The molecule has 0 aliphatic carbocycles. The van der Waals surface area contributed by atoms with E-state index >= 15 is 0 Å². The van der Waals surface area contributed by atoms with Crippen molar-refractivity contribution in [3.8, 4) is 0 Å². The van der Waals surface area contributed by atoms with Crippen LogP contribution in [0.3, 0.4) is 0 Å². The highest BCUT2D eigenvalue weighted by atomic mass is 32.2. The van der Waals surface area contributed by atoms with Crippen LogP contribution in [0.25, 0.3) is 0 Å². The number of nitrogens with one attached hydrogen (secondary N) is 2. The number of rotatable bonds is 7. The van der Waals surface area contributed by atoms with Crippen molar-refractivity contribution >= 4 is 23.7 Å². The molecular weight excluding hydrogens is 376 g/mol. The Balaban J connectivity index is 1.45. The zero-order valence-corrected chi connectivity index (χ0v) is 16.1. The Morgan fingerprint density at radius 3 is 2.32 bits per heavy atom. The van der Waals surface area contributed by atoms with Crippen molar-refractivity contribution < 1.29 is 14.0 Å². The Labute approximate surface area is 166 Å². The van der Waals surface area contributed by atoms with E-state index in [-0.39, 0.29) is 0 Å². The molecule has 0 aliphatic rings. The molecule has 1 heterocycles. The minimum absolute atomic E-state index is 0.290. The Hall–Kier alpha value is -3.13. The van der Waals surface area contributed by atoms with Crippen LogP contribution in [-0.4, -0.2) is 27.4 Å². The second-order valence-electron chi connectivity index (χ2n) is 6.04. The molecule has 3 aromatic rings. The van der Waals surface area contributed by atoms with Gasteiger partial charge in [0, 0.05) is 6.54 Å². The minimum Gasteiger partial charge on any atom is -0.416 e. The van der Waals surface area contributed by atoms with Gasteiger partial charge in [-0.15, -0.1) is 10.2 Å². The molecule has 2 N–H and O–H groups in total. The first-order chi connectivity index (χ1) is 13.6. The Morgan fingerprint density at radius 2 is 1.64 bits per heavy atom. The van der Waals surface area contributed by atoms with Crippen LogP contribution < -0.4 is 10.6 Å². The lowest BCUT2D eigenvalue weighted by Gasteiger charge is -2.10. The molecule has 28 heavy (non-hydrogen) atoms. The number of urea groups is 1. The molecule has 0 saturated heterocycles. The van der Waals surface area contributed by atoms with E-state index in [9.17, 15) is 9.59 Å². The van der Waals surface area contributed by atoms with Crippen LogP contribution in [0, 0.1) is 0 Å². The van der Waals surface area contributed by atoms with Crippen molar-refractivity contribution in [1.82, 2.24) is 20.8 Å². The van der Waals surface area contributed by atoms with Crippen molar-refractivity contribution in [2.24, 2.45) is 0 Å². The number of amides is 3. The molecule has 7 nitrogen and oxygen atoms in total. The molecule has 0 radical (unpaired) electrons. The van der Waals surface area contributed by atoms with Gasteiger partial charge in [0.1, 0.15) is 0 Å². The summed E-state index contributed by atoms with van der Waals surface area (Å²) in [6.07, 6.45) is 0.525. The van der Waals surface area contributed by atoms with Crippen LogP contribution in [0.5, 0.6) is 0 Å². The average molecular weight is 396 g/mol. The summed E-state index contributed by atoms with van der Waals surface area (Å²) in [6.45, 7) is 2.01. The molecule has 1 aromatic heterocycles. The molecular formula is C20H20N4O3S. The van der Waals surface area contributed by atoms with Gasteiger partial charge in [0.25, 0.3) is 5.22 Å². The molecule has 0 aliphatic heterocycles. The third kappa shape index (κ3) is 5.95. The maximum atomic E-state index is 12.2. The largest absolute Gasteiger partial charge is 0.416 e. The van der Waals surface area contributed by atoms with Crippen molar-refractivity contribution in [2.45, 2.75) is 30.4 Å². The summed E-state index contributed by atoms with van der Waals surface area (Å²) in [5.74, 6) is 0.0419. The number of aromatic nitrogens is 2. The Morgan fingerprint density at radius 1 is 1.00 bits per heavy atom. The topological polar surface area (TPSA) is 97.1 Å². The number of hydrogen-bond donors (Lipinski definition) is 2. The van der Waals surface area contributed by atoms with Gasteiger partial charge < -0.3 is 9.73 Å². The molecule has 0 saturated carbocycles. The van der Waals surface area contributed by atoms with E-state index in [2.05, 4.69) is 20.8 Å². The first kappa shape index (κ1) is 19.6. The standard InChI is InChI=1S/C20H20N4O3S/c1-14(18(25)22-19(26)21-13-16-10-6-3-7-11-16)28-20-24-23-17(27-20)12-15-8-4-2-5-9-15/h2-11,14H,12-13H2,1H3,(H2,21,22,25,26)/t14-/m0/s1. The molecule has 1 atom stereocenters. The van der Waals surface area contributed by atoms with E-state index < -0.39 is 17.2 Å². The molecule has 0 unspecified atom stereocenters. The lowest BCUT2D eigenvalue weighted by Crippen LogP contribution is -2.42. The predicted octanol–water partition coefficient (Wildman–Crippen LogP) is 3.17. The molecule has 0 bridgehead atoms. The van der Waals surface area contributed by atoms with Crippen LogP contribution >= 0.6 is 11.8 Å². The monoisotopic (exact) mass is 396 g/mol. The fourth-order valence-electron chi connectivity index (χ4n) is 2.37. The van der Waals surface area contributed by atoms with Crippen molar-refractivity contribution in [1.29, 1.82) is 0 Å². The summed E-state index contributed by atoms with van der Waals surface area (Å²) < 4.78 is 5.58. The van der Waals surface area contributed by atoms with Gasteiger partial charge in [-0.1, -0.05) is 72.4 Å². The summed E-state index contributed by atoms with van der Waals surface area (Å²) in [7, 11) is 0. The highest BCUT2D eigenvalue weighted by Gasteiger charge is 2.20. The SMILES string of the molecule is C[C@H](Sc1nnc(Cc2ccccc2)o1)C(=O)NC(=O)NCc1ccccc1. The Bertz CT molecular complexity index is 915. The van der Waals surface area contributed by atoms with E-state index in [1.165, 1.54) is 0 Å². The van der Waals surface area contributed by atoms with Gasteiger partial charge in [-0.2, -0.15) is 0 Å². The van der Waals surface area contributed by atoms with Gasteiger partial charge in [-0.3, -0.25) is 10.1 Å². The third-order valence-electron chi connectivity index (χ3n) is 3.83. The van der Waals surface area contributed by atoms with E-state index in [4.69, 9.17) is 4.42 Å². The highest BCUT2D eigenvalue weighted by molar-refractivity contribution is 8.00. The number of imide groups is 1. The number of nitrogens with zero attached hydrogens (tertiary/aromatic N) is 2. The van der Waals surface area contributed by atoms with Gasteiger partial charge in [-0.25, -0.2) is 4.79 Å². The van der Waals surface area contributed by atoms with Gasteiger partial charge in [-0.05, 0) is 18.1 Å². The van der Waals surface area contributed by atoms with Crippen LogP contribution in [0.4, 0.5) is 4.79 Å². The van der Waals surface area contributed by atoms with Gasteiger partial charge in [0.15, 0.2) is 0 Å². The van der Waals surface area contributed by atoms with Crippen LogP contribution in [0.15, 0.2) is 70.3 Å². The zero-order valence-electron chi connectivity index (χ0n) is 15.3. The molecule has 0 fully saturated rings. The summed E-state index contributed by atoms with van der Waals surface area (Å²) in [4.78, 5) is 24.1. The van der Waals surface area contributed by atoms with Crippen molar-refractivity contribution in [2.75, 3.05) is 0 Å². The minimum atomic E-state index is -0.562. The van der Waals surface area contributed by atoms with Gasteiger partial charge in [0.05, 0.1) is 11.7 Å². The smallest absolute Gasteiger partial charge is 0.321 e. The van der Waals surface area contributed by atoms with E-state index in [1.807, 2.05) is 60.7 Å². The molecule has 144 valence electrons. The molecule has 8 heteroatoms. The molecule has 3 rings (SSSR count). The van der Waals surface area contributed by atoms with Crippen molar-refractivity contribution in [3.05, 3.63) is 77.7 Å². The summed E-state index contributed by atoms with van der Waals surface area (Å²) in [6, 6.07) is 18.7. The molecule has 0 spiro atoms. The fourth-order valence-corrected chi connectivity index (χ4v) is 3.07. The second kappa shape index (κ2) is 9.70. The lowest BCUT2D eigenvalue weighted by atomic mass is 10.2. The number of benzene rings is 2. The first-order valence-corrected chi connectivity index (χ1v) is 9.63. The van der Waals surface area contributed by atoms with Crippen molar-refractivity contribution in [3.63, 3.8) is 0 Å². The summed E-state index contributed by atoms with van der Waals surface area (Å²) >= 11 is 1.11. The van der Waals surface area contributed by atoms with Gasteiger partial charge >= 0.3 is 6.03 Å². The quantitative estimate of drug-likeness (QED) is 0.596. The van der Waals surface area contributed by atoms with E-state index in [1.54, 1.807) is 6.92 Å². The maximum absolute atomic E-state index is 12.2. The van der Waals surface area contributed by atoms with Crippen LogP contribution in [-0.2, 0) is 17.8 Å². The average Bonchev–Trinajstić information content (AvgIpc) is 3.14. The van der Waals surface area contributed by atoms with Gasteiger partial charge in [0.2, 0.25) is 11.8 Å². The van der Waals surface area contributed by atoms with Crippen LogP contribution in [0.2, 0.25) is 0 Å².